The van der Waals surface area contributed by atoms with Gasteiger partial charge in [-0.25, -0.2) is 18.2 Å². The number of carbonyl (C=O) groups is 4. The Balaban J connectivity index is 1.37. The topological polar surface area (TPSA) is 183 Å². The normalized spacial score (nSPS) is 29.9. The van der Waals surface area contributed by atoms with Crippen molar-refractivity contribution in [2.75, 3.05) is 13.7 Å². The molecule has 3 fully saturated rings. The number of carbonyl (C=O) groups excluding carboxylic acids is 4. The molecule has 0 bridgehead atoms. The molecule has 15 heteroatoms. The smallest absolute Gasteiger partial charge is 0.433 e. The first-order chi connectivity index (χ1) is 26.4. The molecule has 2 saturated carbocycles. The van der Waals surface area contributed by atoms with E-state index in [0.29, 0.717) is 49.1 Å². The number of fused-ring (bicyclic) bond motifs is 3. The molecule has 3 heterocycles. The number of nitrogens with one attached hydrogen (secondary N) is 2. The fraction of sp³-hybridized carbons (Fsp3) is 0.610. The van der Waals surface area contributed by atoms with Crippen LogP contribution in [0.2, 0.25) is 0 Å². The Morgan fingerprint density at radius 3 is 2.57 bits per heavy atom. The first-order valence-electron chi connectivity index (χ1n) is 19.6. The molecule has 0 radical (unpaired) electrons. The lowest BCUT2D eigenvalue weighted by Crippen LogP contribution is -2.57. The second kappa shape index (κ2) is 15.8. The van der Waals surface area contributed by atoms with Crippen LogP contribution in [0.15, 0.2) is 47.6 Å². The first kappa shape index (κ1) is 41.1. The molecule has 304 valence electrons. The molecule has 2 aliphatic heterocycles. The summed E-state index contributed by atoms with van der Waals surface area (Å²) in [5.41, 5.74) is -2.32. The number of hydrogen-bond donors (Lipinski definition) is 2. The van der Waals surface area contributed by atoms with Gasteiger partial charge in [-0.15, -0.1) is 0 Å². The van der Waals surface area contributed by atoms with Crippen LogP contribution in [0.5, 0.6) is 11.6 Å². The van der Waals surface area contributed by atoms with Gasteiger partial charge in [0.05, 0.1) is 24.3 Å². The number of ether oxygens (including phenoxy) is 3. The number of allylic oxidation sites excluding steroid dienone is 1. The maximum Gasteiger partial charge on any atom is 0.433 e. The molecule has 2 aromatic rings. The molecule has 56 heavy (non-hydrogen) atoms. The first-order valence-corrected chi connectivity index (χ1v) is 21.1. The Bertz CT molecular complexity index is 2020. The van der Waals surface area contributed by atoms with E-state index in [1.165, 1.54) is 11.1 Å². The van der Waals surface area contributed by atoms with E-state index in [9.17, 15) is 27.6 Å². The van der Waals surface area contributed by atoms with Gasteiger partial charge in [0.1, 0.15) is 29.0 Å². The Morgan fingerprint density at radius 2 is 1.89 bits per heavy atom. The molecule has 4 aliphatic rings. The van der Waals surface area contributed by atoms with E-state index in [4.69, 9.17) is 14.2 Å². The van der Waals surface area contributed by atoms with Gasteiger partial charge in [0.2, 0.25) is 27.7 Å². The molecule has 4 amide bonds. The van der Waals surface area contributed by atoms with Crippen LogP contribution in [0.1, 0.15) is 92.9 Å². The number of amides is 4. The lowest BCUT2D eigenvalue weighted by molar-refractivity contribution is -0.142. The summed E-state index contributed by atoms with van der Waals surface area (Å²) in [5, 5.41) is 4.38. The highest BCUT2D eigenvalue weighted by molar-refractivity contribution is 7.91. The van der Waals surface area contributed by atoms with Crippen molar-refractivity contribution in [3.63, 3.8) is 0 Å². The van der Waals surface area contributed by atoms with Crippen LogP contribution in [0.4, 0.5) is 4.79 Å². The van der Waals surface area contributed by atoms with Gasteiger partial charge in [0.25, 0.3) is 5.91 Å². The van der Waals surface area contributed by atoms with Gasteiger partial charge in [-0.2, -0.15) is 4.99 Å². The minimum atomic E-state index is -4.00. The van der Waals surface area contributed by atoms with Crippen molar-refractivity contribution in [1.29, 1.82) is 0 Å². The second-order valence-corrected chi connectivity index (χ2v) is 19.3. The fourth-order valence-electron chi connectivity index (χ4n) is 7.87. The van der Waals surface area contributed by atoms with Crippen LogP contribution in [0.3, 0.4) is 0 Å². The summed E-state index contributed by atoms with van der Waals surface area (Å²) < 4.78 is 45.1. The summed E-state index contributed by atoms with van der Waals surface area (Å²) in [6, 6.07) is 6.20. The highest BCUT2D eigenvalue weighted by atomic mass is 32.2. The quantitative estimate of drug-likeness (QED) is 0.256. The molecule has 2 aliphatic carbocycles. The lowest BCUT2D eigenvalue weighted by Gasteiger charge is -2.32. The van der Waals surface area contributed by atoms with E-state index in [0.717, 1.165) is 11.8 Å². The number of pyridine rings is 1. The second-order valence-electron chi connectivity index (χ2n) is 17.1. The third kappa shape index (κ3) is 8.72. The van der Waals surface area contributed by atoms with E-state index in [2.05, 4.69) is 26.9 Å². The number of rotatable bonds is 8. The minimum Gasteiger partial charge on any atom is -0.496 e. The van der Waals surface area contributed by atoms with Gasteiger partial charge in [-0.1, -0.05) is 38.5 Å². The third-order valence-electron chi connectivity index (χ3n) is 11.6. The van der Waals surface area contributed by atoms with Crippen LogP contribution in [-0.4, -0.2) is 90.0 Å². The number of aliphatic imine (C=N–C) groups is 1. The average Bonchev–Trinajstić information content (AvgIpc) is 4.01. The van der Waals surface area contributed by atoms with E-state index in [-0.39, 0.29) is 31.2 Å². The number of aromatic nitrogens is 1. The third-order valence-corrected chi connectivity index (χ3v) is 13.8. The fourth-order valence-corrected chi connectivity index (χ4v) is 9.19. The summed E-state index contributed by atoms with van der Waals surface area (Å²) >= 11 is 0. The summed E-state index contributed by atoms with van der Waals surface area (Å²) in [6.07, 6.45) is 9.14. The predicted molar refractivity (Wildman–Crippen MR) is 211 cm³/mol. The molecule has 1 unspecified atom stereocenters. The number of methoxy groups -OCH3 is 1. The average molecular weight is 794 g/mol. The number of hydrogen-bond acceptors (Lipinski definition) is 10. The molecule has 1 aromatic heterocycles. The van der Waals surface area contributed by atoms with Gasteiger partial charge in [0.15, 0.2) is 0 Å². The number of benzene rings is 1. The Kier molecular flexibility index (Phi) is 11.6. The van der Waals surface area contributed by atoms with Crippen molar-refractivity contribution in [2.24, 2.45) is 28.7 Å². The van der Waals surface area contributed by atoms with Crippen molar-refractivity contribution < 1.29 is 41.8 Å². The van der Waals surface area contributed by atoms with Gasteiger partial charge < -0.3 is 24.4 Å². The van der Waals surface area contributed by atoms with Crippen molar-refractivity contribution in [1.82, 2.24) is 19.9 Å². The van der Waals surface area contributed by atoms with Crippen LogP contribution >= 0.6 is 0 Å². The molecule has 2 N–H and O–H groups in total. The predicted octanol–water partition coefficient (Wildman–Crippen LogP) is 5.49. The van der Waals surface area contributed by atoms with Gasteiger partial charge in [-0.05, 0) is 96.3 Å². The van der Waals surface area contributed by atoms with Crippen molar-refractivity contribution >= 4 is 50.8 Å². The largest absolute Gasteiger partial charge is 0.496 e. The Hall–Kier alpha value is -4.53. The lowest BCUT2D eigenvalue weighted by atomic mass is 9.81. The Morgan fingerprint density at radius 1 is 1.14 bits per heavy atom. The molecule has 7 atom stereocenters. The van der Waals surface area contributed by atoms with E-state index >= 15 is 0 Å². The molecule has 6 rings (SSSR count). The maximum atomic E-state index is 14.9. The zero-order chi connectivity index (χ0) is 40.6. The van der Waals surface area contributed by atoms with E-state index in [1.807, 2.05) is 43.3 Å². The summed E-state index contributed by atoms with van der Waals surface area (Å²) in [7, 11) is -2.43. The number of sulfonamides is 1. The molecule has 1 aromatic carbocycles. The van der Waals surface area contributed by atoms with Gasteiger partial charge >= 0.3 is 6.09 Å². The Labute approximate surface area is 329 Å². The van der Waals surface area contributed by atoms with Crippen molar-refractivity contribution in [2.45, 2.75) is 121 Å². The van der Waals surface area contributed by atoms with Crippen LogP contribution in [-0.2, 0) is 29.1 Å². The van der Waals surface area contributed by atoms with E-state index in [1.54, 1.807) is 41.0 Å². The monoisotopic (exact) mass is 793 g/mol. The van der Waals surface area contributed by atoms with Crippen molar-refractivity contribution in [3.05, 3.63) is 42.6 Å². The summed E-state index contributed by atoms with van der Waals surface area (Å²) in [4.78, 5) is 66.3. The standard InChI is InChI=1S/C41H55N5O9S/c1-8-26-20-25(2)12-9-10-13-27-22-41(27,37(49)45-56(51,52)40(6)17-18-40)44-34(47)32-21-28(54-35-30-14-11-15-33(53-7)29(30)16-19-42-35)24-46(32)36(48)31(26)23-43-38(50)55-39(3,4)5/h10-11,13-16,19,23,25-28,31-32H,8-9,12,17-18,20-22,24H2,1-7H3,(H,44,47)(H,45,49)/b13-10-,43-23?/t25-,26+,27+,28+,31?,32-,41+/m0/s1. The van der Waals surface area contributed by atoms with Crippen molar-refractivity contribution in [3.8, 4) is 11.6 Å². The number of nitrogens with zero attached hydrogens (tertiary/aromatic N) is 3. The molecule has 1 saturated heterocycles. The molecular weight excluding hydrogens is 739 g/mol. The molecule has 0 spiro atoms. The highest BCUT2D eigenvalue weighted by Crippen LogP contribution is 2.48. The maximum absolute atomic E-state index is 14.9. The minimum absolute atomic E-state index is 0.00299. The zero-order valence-electron chi connectivity index (χ0n) is 33.4. The van der Waals surface area contributed by atoms with Crippen LogP contribution in [0, 0.1) is 23.7 Å². The zero-order valence-corrected chi connectivity index (χ0v) is 34.2. The SMILES string of the molecule is CC[C@@H]1C[C@@H](C)CC/C=C\[C@@H]2C[C@@]2(C(=O)NS(=O)(=O)C2(C)CC2)NC(=O)[C@@H]2C[C@@H](Oc3nccc4c(OC)cccc34)CN2C(=O)C1C=NC(=O)OC(C)(C)C. The van der Waals surface area contributed by atoms with Crippen LogP contribution in [0.25, 0.3) is 10.8 Å². The molecule has 14 nitrogen and oxygen atoms in total. The summed E-state index contributed by atoms with van der Waals surface area (Å²) in [6.45, 7) is 10.9. The highest BCUT2D eigenvalue weighted by Gasteiger charge is 2.63. The van der Waals surface area contributed by atoms with Gasteiger partial charge in [0, 0.05) is 35.5 Å². The van der Waals surface area contributed by atoms with Crippen LogP contribution < -0.4 is 19.5 Å². The van der Waals surface area contributed by atoms with Gasteiger partial charge in [-0.3, -0.25) is 19.1 Å². The molecular formula is C41H55N5O9S. The van der Waals surface area contributed by atoms with E-state index < -0.39 is 73.7 Å². The summed E-state index contributed by atoms with van der Waals surface area (Å²) in [5.74, 6) is -2.28.